The Morgan fingerprint density at radius 2 is 2.10 bits per heavy atom. The molecule has 0 amide bonds. The molecule has 0 aliphatic carbocycles. The number of Topliss-reactive ketones (excluding diaryl/α,β-unsaturated/α-hetero) is 1. The van der Waals surface area contributed by atoms with Crippen molar-refractivity contribution in [1.82, 2.24) is 0 Å². The third-order valence-electron chi connectivity index (χ3n) is 2.26. The highest BCUT2D eigenvalue weighted by Gasteiger charge is 2.18. The van der Waals surface area contributed by atoms with E-state index >= 15 is 0 Å². The highest BCUT2D eigenvalue weighted by Crippen LogP contribution is 2.26. The van der Waals surface area contributed by atoms with Crippen molar-refractivity contribution in [2.24, 2.45) is 5.10 Å². The first-order valence-corrected chi connectivity index (χ1v) is 6.22. The summed E-state index contributed by atoms with van der Waals surface area (Å²) in [4.78, 5) is 22.9. The van der Waals surface area contributed by atoms with E-state index in [9.17, 15) is 9.59 Å². The Morgan fingerprint density at radius 3 is 2.65 bits per heavy atom. The zero-order valence-corrected chi connectivity index (χ0v) is 12.2. The molecular weight excluding hydrogens is 284 g/mol. The lowest BCUT2D eigenvalue weighted by atomic mass is 10.3. The Hall–Kier alpha value is -2.08. The van der Waals surface area contributed by atoms with Gasteiger partial charge in [-0.3, -0.25) is 10.2 Å². The number of carbonyl (C=O) groups excluding carboxylic acids is 2. The fraction of sp³-hybridized carbons (Fsp3) is 0.308. The summed E-state index contributed by atoms with van der Waals surface area (Å²) in [5.74, 6) is -0.728. The normalized spacial score (nSPS) is 10.9. The van der Waals surface area contributed by atoms with Gasteiger partial charge < -0.3 is 9.47 Å². The molecule has 0 heterocycles. The van der Waals surface area contributed by atoms with E-state index in [1.165, 1.54) is 14.0 Å². The molecule has 0 saturated carbocycles. The number of benzene rings is 1. The second-order valence-electron chi connectivity index (χ2n) is 3.69. The van der Waals surface area contributed by atoms with Gasteiger partial charge in [0, 0.05) is 13.0 Å². The van der Waals surface area contributed by atoms with E-state index in [1.54, 1.807) is 25.1 Å². The lowest BCUT2D eigenvalue weighted by Gasteiger charge is -2.07. The van der Waals surface area contributed by atoms with Crippen LogP contribution in [0.25, 0.3) is 0 Å². The molecule has 0 saturated heterocycles. The molecule has 0 fully saturated rings. The number of methoxy groups -OCH3 is 1. The maximum absolute atomic E-state index is 11.5. The average Bonchev–Trinajstić information content (AvgIpc) is 2.41. The minimum absolute atomic E-state index is 0.158. The summed E-state index contributed by atoms with van der Waals surface area (Å²) in [6, 6.07) is 4.87. The number of hydrazone groups is 1. The minimum Gasteiger partial charge on any atom is -0.497 e. The van der Waals surface area contributed by atoms with E-state index in [0.29, 0.717) is 16.5 Å². The molecular formula is C13H15ClN2O4. The highest BCUT2D eigenvalue weighted by atomic mass is 35.5. The molecule has 1 rings (SSSR count). The predicted molar refractivity (Wildman–Crippen MR) is 76.4 cm³/mol. The summed E-state index contributed by atoms with van der Waals surface area (Å²) < 4.78 is 9.79. The summed E-state index contributed by atoms with van der Waals surface area (Å²) in [6.07, 6.45) is 0. The van der Waals surface area contributed by atoms with Crippen molar-refractivity contribution in [3.63, 3.8) is 0 Å². The highest BCUT2D eigenvalue weighted by molar-refractivity contribution is 6.64. The monoisotopic (exact) mass is 298 g/mol. The van der Waals surface area contributed by atoms with Gasteiger partial charge in [-0.1, -0.05) is 11.6 Å². The van der Waals surface area contributed by atoms with E-state index in [1.807, 2.05) is 0 Å². The third kappa shape index (κ3) is 4.24. The largest absolute Gasteiger partial charge is 0.497 e. The van der Waals surface area contributed by atoms with Gasteiger partial charge in [0.1, 0.15) is 5.75 Å². The Morgan fingerprint density at radius 1 is 1.40 bits per heavy atom. The Balaban J connectivity index is 2.98. The maximum Gasteiger partial charge on any atom is 0.362 e. The number of anilines is 1. The van der Waals surface area contributed by atoms with Crippen LogP contribution in [0, 0.1) is 0 Å². The summed E-state index contributed by atoms with van der Waals surface area (Å²) in [7, 11) is 1.51. The van der Waals surface area contributed by atoms with Gasteiger partial charge in [0.25, 0.3) is 0 Å². The van der Waals surface area contributed by atoms with Crippen LogP contribution < -0.4 is 10.2 Å². The van der Waals surface area contributed by atoms with E-state index in [4.69, 9.17) is 21.1 Å². The van der Waals surface area contributed by atoms with Crippen molar-refractivity contribution < 1.29 is 19.1 Å². The first kappa shape index (κ1) is 16.0. The van der Waals surface area contributed by atoms with Gasteiger partial charge in [-0.25, -0.2) is 4.79 Å². The van der Waals surface area contributed by atoms with E-state index in [0.717, 1.165) is 0 Å². The second-order valence-corrected chi connectivity index (χ2v) is 4.10. The van der Waals surface area contributed by atoms with Crippen LogP contribution in [-0.2, 0) is 14.3 Å². The van der Waals surface area contributed by atoms with Crippen LogP contribution in [-0.4, -0.2) is 31.2 Å². The Bertz CT molecular complexity index is 543. The zero-order chi connectivity index (χ0) is 15.1. The maximum atomic E-state index is 11.5. The van der Waals surface area contributed by atoms with Crippen molar-refractivity contribution >= 4 is 34.8 Å². The molecule has 0 spiro atoms. The molecule has 108 valence electrons. The van der Waals surface area contributed by atoms with Crippen molar-refractivity contribution in [3.05, 3.63) is 23.2 Å². The molecule has 1 N–H and O–H groups in total. The molecule has 1 aromatic rings. The fourth-order valence-electron chi connectivity index (χ4n) is 1.30. The van der Waals surface area contributed by atoms with Crippen LogP contribution in [0.4, 0.5) is 5.69 Å². The molecule has 20 heavy (non-hydrogen) atoms. The summed E-state index contributed by atoms with van der Waals surface area (Å²) >= 11 is 5.97. The number of nitrogens with zero attached hydrogens (tertiary/aromatic N) is 1. The van der Waals surface area contributed by atoms with Gasteiger partial charge in [-0.15, -0.1) is 0 Å². The zero-order valence-electron chi connectivity index (χ0n) is 11.4. The van der Waals surface area contributed by atoms with Gasteiger partial charge in [0.05, 0.1) is 24.4 Å². The summed E-state index contributed by atoms with van der Waals surface area (Å²) in [5.41, 5.74) is 2.65. The number of hydrogen-bond donors (Lipinski definition) is 1. The number of rotatable bonds is 6. The molecule has 0 radical (unpaired) electrons. The van der Waals surface area contributed by atoms with Gasteiger partial charge in [0.2, 0.25) is 5.71 Å². The topological polar surface area (TPSA) is 77.0 Å². The number of nitrogens with one attached hydrogen (secondary N) is 1. The SMILES string of the molecule is CCOC(=O)C(=NNc1cc(OC)ccc1Cl)C(C)=O. The van der Waals surface area contributed by atoms with Gasteiger partial charge >= 0.3 is 5.97 Å². The Kier molecular flexibility index (Phi) is 5.99. The smallest absolute Gasteiger partial charge is 0.362 e. The number of ether oxygens (including phenoxy) is 2. The lowest BCUT2D eigenvalue weighted by Crippen LogP contribution is -2.25. The van der Waals surface area contributed by atoms with Crippen LogP contribution in [0.2, 0.25) is 5.02 Å². The van der Waals surface area contributed by atoms with Crippen molar-refractivity contribution in [2.45, 2.75) is 13.8 Å². The van der Waals surface area contributed by atoms with E-state index in [-0.39, 0.29) is 12.3 Å². The van der Waals surface area contributed by atoms with Crippen molar-refractivity contribution in [1.29, 1.82) is 0 Å². The number of halogens is 1. The number of ketones is 1. The quantitative estimate of drug-likeness (QED) is 0.377. The third-order valence-corrected chi connectivity index (χ3v) is 2.59. The van der Waals surface area contributed by atoms with Crippen LogP contribution >= 0.6 is 11.6 Å². The number of carbonyl (C=O) groups is 2. The molecule has 0 aliphatic rings. The lowest BCUT2D eigenvalue weighted by molar-refractivity contribution is -0.135. The standard InChI is InChI=1S/C13H15ClN2O4/c1-4-20-13(18)12(8(2)17)16-15-11-7-9(19-3)5-6-10(11)14/h5-7,15H,4H2,1-3H3. The van der Waals surface area contributed by atoms with E-state index < -0.39 is 11.8 Å². The second kappa shape index (κ2) is 7.49. The molecule has 0 unspecified atom stereocenters. The van der Waals surface area contributed by atoms with Crippen LogP contribution in [0.3, 0.4) is 0 Å². The molecule has 0 atom stereocenters. The number of esters is 1. The number of hydrogen-bond acceptors (Lipinski definition) is 6. The van der Waals surface area contributed by atoms with Crippen molar-refractivity contribution in [3.8, 4) is 5.75 Å². The van der Waals surface area contributed by atoms with Crippen LogP contribution in [0.15, 0.2) is 23.3 Å². The molecule has 0 aromatic heterocycles. The van der Waals surface area contributed by atoms with E-state index in [2.05, 4.69) is 10.5 Å². The fourth-order valence-corrected chi connectivity index (χ4v) is 1.46. The van der Waals surface area contributed by atoms with Gasteiger partial charge in [-0.05, 0) is 19.1 Å². The van der Waals surface area contributed by atoms with Gasteiger partial charge in [-0.2, -0.15) is 5.10 Å². The van der Waals surface area contributed by atoms with Crippen molar-refractivity contribution in [2.75, 3.05) is 19.1 Å². The minimum atomic E-state index is -0.786. The van der Waals surface area contributed by atoms with Crippen LogP contribution in [0.1, 0.15) is 13.8 Å². The van der Waals surface area contributed by atoms with Crippen LogP contribution in [0.5, 0.6) is 5.75 Å². The molecule has 7 heteroatoms. The first-order valence-electron chi connectivity index (χ1n) is 5.84. The van der Waals surface area contributed by atoms with Gasteiger partial charge in [0.15, 0.2) is 5.78 Å². The summed E-state index contributed by atoms with van der Waals surface area (Å²) in [5, 5.41) is 4.13. The molecule has 0 aliphatic heterocycles. The summed E-state index contributed by atoms with van der Waals surface area (Å²) in [6.45, 7) is 3.03. The Labute approximate surface area is 121 Å². The average molecular weight is 299 g/mol. The first-order chi connectivity index (χ1) is 9.49. The molecule has 6 nitrogen and oxygen atoms in total. The predicted octanol–water partition coefficient (Wildman–Crippen LogP) is 2.27. The molecule has 0 bridgehead atoms. The molecule has 1 aromatic carbocycles.